The molecule has 160 valence electrons. The maximum Gasteiger partial charge on any atom is 0.243 e. The number of benzene rings is 1. The summed E-state index contributed by atoms with van der Waals surface area (Å²) in [5.74, 6) is -0.613. The van der Waals surface area contributed by atoms with Gasteiger partial charge in [0.15, 0.2) is 0 Å². The number of carbonyl (C=O) groups is 2. The first-order valence-corrected chi connectivity index (χ1v) is 12.0. The quantitative estimate of drug-likeness (QED) is 0.703. The van der Waals surface area contributed by atoms with Gasteiger partial charge in [-0.2, -0.15) is 4.31 Å². The van der Waals surface area contributed by atoms with Crippen molar-refractivity contribution in [3.8, 4) is 0 Å². The van der Waals surface area contributed by atoms with Crippen LogP contribution >= 0.6 is 0 Å². The van der Waals surface area contributed by atoms with E-state index in [1.807, 2.05) is 0 Å². The highest BCUT2D eigenvalue weighted by Gasteiger charge is 2.38. The van der Waals surface area contributed by atoms with Crippen molar-refractivity contribution in [3.05, 3.63) is 30.3 Å². The zero-order valence-electron chi connectivity index (χ0n) is 16.8. The third-order valence-corrected chi connectivity index (χ3v) is 7.98. The average Bonchev–Trinajstić information content (AvgIpc) is 2.74. The van der Waals surface area contributed by atoms with Gasteiger partial charge in [-0.15, -0.1) is 0 Å². The normalized spacial score (nSPS) is 22.7. The third kappa shape index (κ3) is 5.36. The summed E-state index contributed by atoms with van der Waals surface area (Å²) in [5, 5.41) is 2.77. The van der Waals surface area contributed by atoms with Gasteiger partial charge in [0, 0.05) is 6.54 Å². The molecule has 0 aromatic heterocycles. The second-order valence-corrected chi connectivity index (χ2v) is 10.0. The molecule has 2 aliphatic rings. The zero-order valence-corrected chi connectivity index (χ0v) is 17.6. The number of piperidine rings is 1. The summed E-state index contributed by atoms with van der Waals surface area (Å²) in [7, 11) is -3.78. The molecule has 1 saturated heterocycles. The molecule has 1 aliphatic heterocycles. The van der Waals surface area contributed by atoms with Crippen LogP contribution < -0.4 is 11.1 Å². The van der Waals surface area contributed by atoms with E-state index in [1.54, 1.807) is 18.2 Å². The van der Waals surface area contributed by atoms with Gasteiger partial charge in [0.25, 0.3) is 0 Å². The summed E-state index contributed by atoms with van der Waals surface area (Å²) in [6.07, 6.45) is 7.99. The molecule has 3 rings (SSSR count). The van der Waals surface area contributed by atoms with Crippen LogP contribution in [0, 0.1) is 5.92 Å². The molecular formula is C21H31N3O4S. The number of primary amides is 1. The van der Waals surface area contributed by atoms with Crippen LogP contribution in [0.1, 0.15) is 57.8 Å². The van der Waals surface area contributed by atoms with Crippen molar-refractivity contribution in [2.24, 2.45) is 11.7 Å². The second kappa shape index (κ2) is 9.71. The number of sulfonamides is 1. The van der Waals surface area contributed by atoms with Crippen LogP contribution in [0.4, 0.5) is 0 Å². The monoisotopic (exact) mass is 421 g/mol. The molecule has 8 heteroatoms. The number of carbonyl (C=O) groups excluding carboxylic acids is 2. The molecule has 0 bridgehead atoms. The van der Waals surface area contributed by atoms with Gasteiger partial charge in [-0.1, -0.05) is 56.7 Å². The van der Waals surface area contributed by atoms with E-state index < -0.39 is 33.9 Å². The minimum Gasteiger partial charge on any atom is -0.368 e. The fourth-order valence-corrected chi connectivity index (χ4v) is 6.13. The molecule has 2 atom stereocenters. The molecule has 2 fully saturated rings. The predicted octanol–water partition coefficient (Wildman–Crippen LogP) is 2.17. The van der Waals surface area contributed by atoms with Crippen LogP contribution in [0.25, 0.3) is 0 Å². The lowest BCUT2D eigenvalue weighted by Gasteiger charge is -2.34. The lowest BCUT2D eigenvalue weighted by atomic mass is 9.84. The highest BCUT2D eigenvalue weighted by Crippen LogP contribution is 2.28. The molecule has 3 N–H and O–H groups in total. The maximum absolute atomic E-state index is 13.1. The summed E-state index contributed by atoms with van der Waals surface area (Å²) >= 11 is 0. The van der Waals surface area contributed by atoms with Crippen molar-refractivity contribution in [2.75, 3.05) is 6.54 Å². The molecule has 0 unspecified atom stereocenters. The molecule has 1 aliphatic carbocycles. The molecule has 1 aromatic carbocycles. The Hall–Kier alpha value is -1.93. The molecule has 0 radical (unpaired) electrons. The van der Waals surface area contributed by atoms with Crippen LogP contribution in [0.5, 0.6) is 0 Å². The summed E-state index contributed by atoms with van der Waals surface area (Å²) in [5.41, 5.74) is 5.56. The van der Waals surface area contributed by atoms with E-state index in [0.717, 1.165) is 32.1 Å². The number of rotatable bonds is 7. The first-order chi connectivity index (χ1) is 13.9. The lowest BCUT2D eigenvalue weighted by Crippen LogP contribution is -2.56. The Morgan fingerprint density at radius 2 is 1.69 bits per heavy atom. The van der Waals surface area contributed by atoms with Crippen molar-refractivity contribution in [3.63, 3.8) is 0 Å². The number of hydrogen-bond acceptors (Lipinski definition) is 4. The molecule has 29 heavy (non-hydrogen) atoms. The summed E-state index contributed by atoms with van der Waals surface area (Å²) < 4.78 is 27.5. The zero-order chi connectivity index (χ0) is 20.9. The Labute approximate surface area is 173 Å². The molecule has 0 spiro atoms. The number of nitrogens with one attached hydrogen (secondary N) is 1. The Morgan fingerprint density at radius 1 is 1.03 bits per heavy atom. The predicted molar refractivity (Wildman–Crippen MR) is 110 cm³/mol. The summed E-state index contributed by atoms with van der Waals surface area (Å²) in [6, 6.07) is 6.58. The topological polar surface area (TPSA) is 110 Å². The summed E-state index contributed by atoms with van der Waals surface area (Å²) in [4.78, 5) is 25.2. The van der Waals surface area contributed by atoms with E-state index in [1.165, 1.54) is 22.9 Å². The number of amides is 2. The largest absolute Gasteiger partial charge is 0.368 e. The van der Waals surface area contributed by atoms with Gasteiger partial charge in [0.05, 0.1) is 4.90 Å². The van der Waals surface area contributed by atoms with E-state index >= 15 is 0 Å². The van der Waals surface area contributed by atoms with Gasteiger partial charge < -0.3 is 11.1 Å². The van der Waals surface area contributed by atoms with Crippen LogP contribution in [-0.2, 0) is 19.6 Å². The Balaban J connectivity index is 1.73. The van der Waals surface area contributed by atoms with Crippen molar-refractivity contribution >= 4 is 21.8 Å². The smallest absolute Gasteiger partial charge is 0.243 e. The summed E-state index contributed by atoms with van der Waals surface area (Å²) in [6.45, 7) is 0.291. The van der Waals surface area contributed by atoms with Gasteiger partial charge in [-0.05, 0) is 37.3 Å². The minimum absolute atomic E-state index is 0.174. The van der Waals surface area contributed by atoms with Gasteiger partial charge >= 0.3 is 0 Å². The van der Waals surface area contributed by atoms with Gasteiger partial charge in [-0.25, -0.2) is 8.42 Å². The van der Waals surface area contributed by atoms with Crippen LogP contribution in [-0.4, -0.2) is 43.2 Å². The molecule has 1 heterocycles. The van der Waals surface area contributed by atoms with Crippen LogP contribution in [0.15, 0.2) is 35.2 Å². The van der Waals surface area contributed by atoms with Crippen LogP contribution in [0.2, 0.25) is 0 Å². The first kappa shape index (κ1) is 21.8. The standard InChI is InChI=1S/C21H31N3O4S/c22-20(25)18(15-16-9-3-1-4-10-16)23-21(26)19-13-7-8-14-24(19)29(27,28)17-11-5-2-6-12-17/h2,5-6,11-12,16,18-19H,1,3-4,7-10,13-15H2,(H2,22,25)(H,23,26)/t18-,19-/m0/s1. The molecule has 1 saturated carbocycles. The number of nitrogens with two attached hydrogens (primary N) is 1. The van der Waals surface area contributed by atoms with E-state index in [9.17, 15) is 18.0 Å². The van der Waals surface area contributed by atoms with E-state index in [2.05, 4.69) is 5.32 Å². The van der Waals surface area contributed by atoms with E-state index in [0.29, 0.717) is 31.7 Å². The van der Waals surface area contributed by atoms with Crippen molar-refractivity contribution in [1.29, 1.82) is 0 Å². The Kier molecular flexibility index (Phi) is 7.29. The second-order valence-electron chi connectivity index (χ2n) is 8.14. The van der Waals surface area contributed by atoms with Crippen molar-refractivity contribution < 1.29 is 18.0 Å². The average molecular weight is 422 g/mol. The lowest BCUT2D eigenvalue weighted by molar-refractivity contribution is -0.130. The number of hydrogen-bond donors (Lipinski definition) is 2. The number of nitrogens with zero attached hydrogens (tertiary/aromatic N) is 1. The van der Waals surface area contributed by atoms with E-state index in [4.69, 9.17) is 5.73 Å². The highest BCUT2D eigenvalue weighted by atomic mass is 32.2. The SMILES string of the molecule is NC(=O)[C@H](CC1CCCCC1)NC(=O)[C@@H]1CCCCN1S(=O)(=O)c1ccccc1. The fraction of sp³-hybridized carbons (Fsp3) is 0.619. The minimum atomic E-state index is -3.78. The third-order valence-electron chi connectivity index (χ3n) is 6.06. The molecule has 7 nitrogen and oxygen atoms in total. The van der Waals surface area contributed by atoms with E-state index in [-0.39, 0.29) is 4.90 Å². The van der Waals surface area contributed by atoms with Crippen LogP contribution in [0.3, 0.4) is 0 Å². The van der Waals surface area contributed by atoms with Crippen molar-refractivity contribution in [2.45, 2.75) is 74.8 Å². The van der Waals surface area contributed by atoms with Gasteiger partial charge in [0.1, 0.15) is 12.1 Å². The highest BCUT2D eigenvalue weighted by molar-refractivity contribution is 7.89. The molecular weight excluding hydrogens is 390 g/mol. The Bertz CT molecular complexity index is 806. The maximum atomic E-state index is 13.1. The first-order valence-electron chi connectivity index (χ1n) is 10.6. The molecule has 2 amide bonds. The Morgan fingerprint density at radius 3 is 2.34 bits per heavy atom. The fourth-order valence-electron chi connectivity index (χ4n) is 4.45. The molecule has 1 aromatic rings. The van der Waals surface area contributed by atoms with Gasteiger partial charge in [-0.3, -0.25) is 9.59 Å². The van der Waals surface area contributed by atoms with Crippen molar-refractivity contribution in [1.82, 2.24) is 9.62 Å². The van der Waals surface area contributed by atoms with Gasteiger partial charge in [0.2, 0.25) is 21.8 Å².